The fourth-order valence-electron chi connectivity index (χ4n) is 3.56. The molecule has 2 atom stereocenters. The van der Waals surface area contributed by atoms with Crippen molar-refractivity contribution in [3.63, 3.8) is 0 Å². The van der Waals surface area contributed by atoms with Crippen molar-refractivity contribution in [1.82, 2.24) is 5.32 Å². The number of nitrogens with one attached hydrogen (secondary N) is 1. The second-order valence-electron chi connectivity index (χ2n) is 7.60. The molecule has 1 aliphatic carbocycles. The average Bonchev–Trinajstić information content (AvgIpc) is 3.27. The van der Waals surface area contributed by atoms with Gasteiger partial charge in [0.2, 0.25) is 0 Å². The standard InChI is InChI=1S/C24H31NO5/c1-16(25-24(26)17(2)29-21-12-10-19(27-3)11-13-21)18-9-14-22(23(15-18)28-4)30-20-7-5-6-8-20/h9-17,20H,5-8H2,1-4H3,(H,25,26). The quantitative estimate of drug-likeness (QED) is 0.647. The van der Waals surface area contributed by atoms with Crippen LogP contribution >= 0.6 is 0 Å². The lowest BCUT2D eigenvalue weighted by atomic mass is 10.1. The predicted molar refractivity (Wildman–Crippen MR) is 116 cm³/mol. The van der Waals surface area contributed by atoms with E-state index >= 15 is 0 Å². The fourth-order valence-corrected chi connectivity index (χ4v) is 3.56. The third-order valence-electron chi connectivity index (χ3n) is 5.38. The van der Waals surface area contributed by atoms with Gasteiger partial charge in [-0.1, -0.05) is 6.07 Å². The first-order valence-corrected chi connectivity index (χ1v) is 10.5. The SMILES string of the molecule is COc1ccc(OC(C)C(=O)NC(C)c2ccc(OC3CCCC3)c(OC)c2)cc1. The topological polar surface area (TPSA) is 66.0 Å². The van der Waals surface area contributed by atoms with E-state index in [0.29, 0.717) is 11.5 Å². The van der Waals surface area contributed by atoms with Crippen molar-refractivity contribution in [3.05, 3.63) is 48.0 Å². The van der Waals surface area contributed by atoms with Crippen LogP contribution in [0.15, 0.2) is 42.5 Å². The van der Waals surface area contributed by atoms with Gasteiger partial charge in [-0.2, -0.15) is 0 Å². The molecule has 0 aromatic heterocycles. The van der Waals surface area contributed by atoms with Crippen LogP contribution in [0.3, 0.4) is 0 Å². The van der Waals surface area contributed by atoms with Crippen LogP contribution in [0.2, 0.25) is 0 Å². The molecule has 1 fully saturated rings. The lowest BCUT2D eigenvalue weighted by molar-refractivity contribution is -0.127. The monoisotopic (exact) mass is 413 g/mol. The van der Waals surface area contributed by atoms with Gasteiger partial charge in [0.1, 0.15) is 11.5 Å². The summed E-state index contributed by atoms with van der Waals surface area (Å²) >= 11 is 0. The highest BCUT2D eigenvalue weighted by atomic mass is 16.5. The predicted octanol–water partition coefficient (Wildman–Crippen LogP) is 4.67. The first kappa shape index (κ1) is 21.8. The molecule has 0 spiro atoms. The summed E-state index contributed by atoms with van der Waals surface area (Å²) in [7, 11) is 3.24. The molecule has 1 amide bonds. The molecule has 1 N–H and O–H groups in total. The molecule has 6 nitrogen and oxygen atoms in total. The summed E-state index contributed by atoms with van der Waals surface area (Å²) < 4.78 is 22.5. The van der Waals surface area contributed by atoms with E-state index in [1.165, 1.54) is 12.8 Å². The minimum atomic E-state index is -0.632. The van der Waals surface area contributed by atoms with Gasteiger partial charge in [-0.05, 0) is 81.5 Å². The molecule has 2 aromatic rings. The largest absolute Gasteiger partial charge is 0.497 e. The lowest BCUT2D eigenvalue weighted by Gasteiger charge is -2.21. The van der Waals surface area contributed by atoms with Crippen LogP contribution in [-0.4, -0.2) is 32.3 Å². The van der Waals surface area contributed by atoms with E-state index < -0.39 is 6.10 Å². The Morgan fingerprint density at radius 1 is 0.933 bits per heavy atom. The maximum atomic E-state index is 12.6. The molecule has 30 heavy (non-hydrogen) atoms. The molecule has 1 saturated carbocycles. The molecule has 2 unspecified atom stereocenters. The summed E-state index contributed by atoms with van der Waals surface area (Å²) in [6, 6.07) is 12.8. The Hall–Kier alpha value is -2.89. The minimum absolute atomic E-state index is 0.191. The highest BCUT2D eigenvalue weighted by Gasteiger charge is 2.21. The van der Waals surface area contributed by atoms with Crippen molar-refractivity contribution in [2.75, 3.05) is 14.2 Å². The summed E-state index contributed by atoms with van der Waals surface area (Å²) in [4.78, 5) is 12.6. The Bertz CT molecular complexity index is 830. The molecular weight excluding hydrogens is 382 g/mol. The van der Waals surface area contributed by atoms with Gasteiger partial charge in [0.05, 0.1) is 26.4 Å². The number of ether oxygens (including phenoxy) is 4. The maximum Gasteiger partial charge on any atom is 0.261 e. The Kier molecular flexibility index (Phi) is 7.44. The zero-order chi connectivity index (χ0) is 21.5. The third-order valence-corrected chi connectivity index (χ3v) is 5.38. The van der Waals surface area contributed by atoms with Gasteiger partial charge in [-0.15, -0.1) is 0 Å². The van der Waals surface area contributed by atoms with Crippen molar-refractivity contribution < 1.29 is 23.7 Å². The molecular formula is C24H31NO5. The van der Waals surface area contributed by atoms with Crippen LogP contribution in [0.5, 0.6) is 23.0 Å². The van der Waals surface area contributed by atoms with Crippen LogP contribution in [-0.2, 0) is 4.79 Å². The number of benzene rings is 2. The molecule has 6 heteroatoms. The van der Waals surface area contributed by atoms with Crippen LogP contribution in [0, 0.1) is 0 Å². The van der Waals surface area contributed by atoms with Gasteiger partial charge in [-0.25, -0.2) is 0 Å². The van der Waals surface area contributed by atoms with E-state index in [9.17, 15) is 4.79 Å². The lowest BCUT2D eigenvalue weighted by Crippen LogP contribution is -2.37. The van der Waals surface area contributed by atoms with E-state index in [2.05, 4.69) is 5.32 Å². The second kappa shape index (κ2) is 10.2. The summed E-state index contributed by atoms with van der Waals surface area (Å²) in [5.41, 5.74) is 0.940. The molecule has 162 valence electrons. The van der Waals surface area contributed by atoms with Gasteiger partial charge in [0.25, 0.3) is 5.91 Å². The van der Waals surface area contributed by atoms with Crippen molar-refractivity contribution in [2.45, 2.75) is 57.8 Å². The average molecular weight is 414 g/mol. The molecule has 0 bridgehead atoms. The number of rotatable bonds is 9. The van der Waals surface area contributed by atoms with Crippen LogP contribution in [0.25, 0.3) is 0 Å². The zero-order valence-electron chi connectivity index (χ0n) is 18.1. The van der Waals surface area contributed by atoms with E-state index in [-0.39, 0.29) is 18.1 Å². The fraction of sp³-hybridized carbons (Fsp3) is 0.458. The molecule has 0 saturated heterocycles. The number of hydrogen-bond acceptors (Lipinski definition) is 5. The summed E-state index contributed by atoms with van der Waals surface area (Å²) in [5, 5.41) is 3.00. The first-order valence-electron chi connectivity index (χ1n) is 10.5. The van der Waals surface area contributed by atoms with Crippen molar-refractivity contribution in [2.24, 2.45) is 0 Å². The van der Waals surface area contributed by atoms with Crippen LogP contribution in [0.1, 0.15) is 51.1 Å². The summed E-state index contributed by atoms with van der Waals surface area (Å²) in [6.45, 7) is 3.66. The van der Waals surface area contributed by atoms with E-state index in [4.69, 9.17) is 18.9 Å². The normalized spacial score (nSPS) is 15.9. The van der Waals surface area contributed by atoms with Gasteiger partial charge in [0, 0.05) is 0 Å². The molecule has 2 aromatic carbocycles. The number of methoxy groups -OCH3 is 2. The molecule has 0 heterocycles. The van der Waals surface area contributed by atoms with Crippen molar-refractivity contribution >= 4 is 5.91 Å². The van der Waals surface area contributed by atoms with E-state index in [1.54, 1.807) is 45.4 Å². The van der Waals surface area contributed by atoms with Gasteiger partial charge in [0.15, 0.2) is 17.6 Å². The number of carbonyl (C=O) groups is 1. The maximum absolute atomic E-state index is 12.6. The minimum Gasteiger partial charge on any atom is -0.497 e. The summed E-state index contributed by atoms with van der Waals surface area (Å²) in [5.74, 6) is 2.60. The highest BCUT2D eigenvalue weighted by molar-refractivity contribution is 5.81. The number of hydrogen-bond donors (Lipinski definition) is 1. The Balaban J connectivity index is 1.59. The third kappa shape index (κ3) is 5.59. The number of amides is 1. The Morgan fingerprint density at radius 3 is 2.23 bits per heavy atom. The Labute approximate surface area is 178 Å². The first-order chi connectivity index (χ1) is 14.5. The van der Waals surface area contributed by atoms with Gasteiger partial charge < -0.3 is 24.3 Å². The molecule has 0 aliphatic heterocycles. The van der Waals surface area contributed by atoms with E-state index in [1.807, 2.05) is 25.1 Å². The molecule has 1 aliphatic rings. The Morgan fingerprint density at radius 2 is 1.60 bits per heavy atom. The van der Waals surface area contributed by atoms with Crippen molar-refractivity contribution in [3.8, 4) is 23.0 Å². The second-order valence-corrected chi connectivity index (χ2v) is 7.60. The summed E-state index contributed by atoms with van der Waals surface area (Å²) in [6.07, 6.45) is 4.23. The van der Waals surface area contributed by atoms with E-state index in [0.717, 1.165) is 29.9 Å². The van der Waals surface area contributed by atoms with Gasteiger partial charge >= 0.3 is 0 Å². The van der Waals surface area contributed by atoms with Crippen LogP contribution < -0.4 is 24.3 Å². The highest BCUT2D eigenvalue weighted by Crippen LogP contribution is 2.33. The number of carbonyl (C=O) groups excluding carboxylic acids is 1. The van der Waals surface area contributed by atoms with Crippen LogP contribution in [0.4, 0.5) is 0 Å². The zero-order valence-corrected chi connectivity index (χ0v) is 18.1. The molecule has 3 rings (SSSR count). The van der Waals surface area contributed by atoms with Crippen molar-refractivity contribution in [1.29, 1.82) is 0 Å². The van der Waals surface area contributed by atoms with Gasteiger partial charge in [-0.3, -0.25) is 4.79 Å². The smallest absolute Gasteiger partial charge is 0.261 e. The molecule has 0 radical (unpaired) electrons.